The minimum atomic E-state index is -1.08. The van der Waals surface area contributed by atoms with Gasteiger partial charge in [-0.2, -0.15) is 0 Å². The molecular formula is C14H13NO5S. The van der Waals surface area contributed by atoms with Crippen molar-refractivity contribution in [2.24, 2.45) is 0 Å². The maximum absolute atomic E-state index is 11.7. The molecule has 0 atom stereocenters. The number of aromatic carboxylic acids is 1. The normalized spacial score (nSPS) is 9.95. The third kappa shape index (κ3) is 3.96. The standard InChI is InChI=1S/C14H13NO5S/c1-19-9-2-4-10(5-3-9)20-8-12(16)15-13-11(14(17)18)6-7-21-13/h2-7H,8H2,1H3,(H,15,16)(H,17,18). The zero-order valence-electron chi connectivity index (χ0n) is 11.2. The average molecular weight is 307 g/mol. The van der Waals surface area contributed by atoms with Crippen LogP contribution in [0, 0.1) is 0 Å². The number of thiophene rings is 1. The highest BCUT2D eigenvalue weighted by Gasteiger charge is 2.14. The fourth-order valence-corrected chi connectivity index (χ4v) is 2.35. The quantitative estimate of drug-likeness (QED) is 0.856. The minimum Gasteiger partial charge on any atom is -0.497 e. The van der Waals surface area contributed by atoms with E-state index in [2.05, 4.69) is 5.32 Å². The van der Waals surface area contributed by atoms with Crippen LogP contribution in [0.15, 0.2) is 35.7 Å². The van der Waals surface area contributed by atoms with Gasteiger partial charge in [0, 0.05) is 0 Å². The van der Waals surface area contributed by atoms with Crippen molar-refractivity contribution < 1.29 is 24.2 Å². The molecule has 0 saturated carbocycles. The number of carbonyl (C=O) groups is 2. The largest absolute Gasteiger partial charge is 0.497 e. The van der Waals surface area contributed by atoms with Crippen molar-refractivity contribution in [3.63, 3.8) is 0 Å². The molecule has 1 aromatic heterocycles. The minimum absolute atomic E-state index is 0.0674. The number of amides is 1. The Morgan fingerprint density at radius 2 is 1.86 bits per heavy atom. The Morgan fingerprint density at radius 3 is 2.48 bits per heavy atom. The van der Waals surface area contributed by atoms with Gasteiger partial charge in [0.15, 0.2) is 6.61 Å². The molecule has 1 aromatic carbocycles. The molecule has 0 saturated heterocycles. The van der Waals surface area contributed by atoms with Crippen LogP contribution in [-0.2, 0) is 4.79 Å². The first-order valence-corrected chi connectivity index (χ1v) is 6.85. The van der Waals surface area contributed by atoms with E-state index in [1.807, 2.05) is 0 Å². The van der Waals surface area contributed by atoms with Crippen LogP contribution in [0.2, 0.25) is 0 Å². The van der Waals surface area contributed by atoms with Crippen LogP contribution >= 0.6 is 11.3 Å². The SMILES string of the molecule is COc1ccc(OCC(=O)Nc2sccc2C(=O)O)cc1. The molecule has 0 aliphatic heterocycles. The lowest BCUT2D eigenvalue weighted by Gasteiger charge is -2.07. The fraction of sp³-hybridized carbons (Fsp3) is 0.143. The number of ether oxygens (including phenoxy) is 2. The number of carboxylic acid groups (broad SMARTS) is 1. The van der Waals surface area contributed by atoms with Crippen molar-refractivity contribution in [3.05, 3.63) is 41.3 Å². The molecule has 0 bridgehead atoms. The summed E-state index contributed by atoms with van der Waals surface area (Å²) >= 11 is 1.15. The van der Waals surface area contributed by atoms with E-state index in [1.54, 1.807) is 36.8 Å². The maximum atomic E-state index is 11.7. The van der Waals surface area contributed by atoms with Gasteiger partial charge in [-0.1, -0.05) is 0 Å². The lowest BCUT2D eigenvalue weighted by atomic mass is 10.3. The van der Waals surface area contributed by atoms with Crippen molar-refractivity contribution in [1.29, 1.82) is 0 Å². The summed E-state index contributed by atoms with van der Waals surface area (Å²) < 4.78 is 10.3. The smallest absolute Gasteiger partial charge is 0.338 e. The van der Waals surface area contributed by atoms with E-state index in [0.717, 1.165) is 11.3 Å². The molecule has 0 radical (unpaired) electrons. The summed E-state index contributed by atoms with van der Waals surface area (Å²) in [7, 11) is 1.56. The molecule has 1 heterocycles. The third-order valence-electron chi connectivity index (χ3n) is 2.58. The van der Waals surface area contributed by atoms with Gasteiger partial charge in [0.05, 0.1) is 12.7 Å². The summed E-state index contributed by atoms with van der Waals surface area (Å²) in [5.41, 5.74) is 0.0674. The predicted octanol–water partition coefficient (Wildman–Crippen LogP) is 2.47. The van der Waals surface area contributed by atoms with E-state index in [-0.39, 0.29) is 12.2 Å². The number of nitrogens with one attached hydrogen (secondary N) is 1. The number of hydrogen-bond acceptors (Lipinski definition) is 5. The van der Waals surface area contributed by atoms with E-state index >= 15 is 0 Å². The van der Waals surface area contributed by atoms with E-state index in [0.29, 0.717) is 16.5 Å². The van der Waals surface area contributed by atoms with E-state index in [4.69, 9.17) is 14.6 Å². The lowest BCUT2D eigenvalue weighted by molar-refractivity contribution is -0.118. The van der Waals surface area contributed by atoms with Gasteiger partial charge in [-0.05, 0) is 35.7 Å². The third-order valence-corrected chi connectivity index (χ3v) is 3.41. The molecule has 0 fully saturated rings. The monoisotopic (exact) mass is 307 g/mol. The Hall–Kier alpha value is -2.54. The molecule has 2 aromatic rings. The molecule has 21 heavy (non-hydrogen) atoms. The van der Waals surface area contributed by atoms with Crippen molar-refractivity contribution in [1.82, 2.24) is 0 Å². The molecule has 6 nitrogen and oxygen atoms in total. The molecule has 0 unspecified atom stereocenters. The Labute approximate surface area is 124 Å². The van der Waals surface area contributed by atoms with Crippen LogP contribution in [-0.4, -0.2) is 30.7 Å². The highest BCUT2D eigenvalue weighted by atomic mass is 32.1. The molecule has 1 amide bonds. The number of hydrogen-bond donors (Lipinski definition) is 2. The fourth-order valence-electron chi connectivity index (χ4n) is 1.56. The Kier molecular flexibility index (Phi) is 4.78. The highest BCUT2D eigenvalue weighted by molar-refractivity contribution is 7.14. The summed E-state index contributed by atoms with van der Waals surface area (Å²) in [6.45, 7) is -0.205. The van der Waals surface area contributed by atoms with Crippen LogP contribution in [0.25, 0.3) is 0 Å². The van der Waals surface area contributed by atoms with Gasteiger partial charge in [-0.3, -0.25) is 4.79 Å². The number of carbonyl (C=O) groups excluding carboxylic acids is 1. The molecule has 110 valence electrons. The second-order valence-corrected chi connectivity index (χ2v) is 4.90. The van der Waals surface area contributed by atoms with Crippen molar-refractivity contribution in [2.45, 2.75) is 0 Å². The maximum Gasteiger partial charge on any atom is 0.338 e. The van der Waals surface area contributed by atoms with Crippen LogP contribution in [0.3, 0.4) is 0 Å². The zero-order chi connectivity index (χ0) is 15.2. The van der Waals surface area contributed by atoms with Crippen LogP contribution in [0.4, 0.5) is 5.00 Å². The second kappa shape index (κ2) is 6.76. The molecule has 2 rings (SSSR count). The van der Waals surface area contributed by atoms with Gasteiger partial charge < -0.3 is 19.9 Å². The number of benzene rings is 1. The molecule has 0 aliphatic carbocycles. The zero-order valence-corrected chi connectivity index (χ0v) is 12.0. The molecular weight excluding hydrogens is 294 g/mol. The van der Waals surface area contributed by atoms with E-state index in [1.165, 1.54) is 6.07 Å². The summed E-state index contributed by atoms with van der Waals surface area (Å²) in [6.07, 6.45) is 0. The molecule has 0 aliphatic rings. The van der Waals surface area contributed by atoms with E-state index < -0.39 is 11.9 Å². The summed E-state index contributed by atoms with van der Waals surface area (Å²) in [6, 6.07) is 8.23. The Morgan fingerprint density at radius 1 is 1.19 bits per heavy atom. The van der Waals surface area contributed by atoms with Crippen LogP contribution < -0.4 is 14.8 Å². The number of rotatable bonds is 6. The van der Waals surface area contributed by atoms with Gasteiger partial charge in [-0.15, -0.1) is 11.3 Å². The van der Waals surface area contributed by atoms with Crippen LogP contribution in [0.5, 0.6) is 11.5 Å². The van der Waals surface area contributed by atoms with Crippen molar-refractivity contribution >= 4 is 28.2 Å². The predicted molar refractivity (Wildman–Crippen MR) is 78.4 cm³/mol. The van der Waals surface area contributed by atoms with Gasteiger partial charge in [0.1, 0.15) is 16.5 Å². The average Bonchev–Trinajstić information content (AvgIpc) is 2.94. The van der Waals surface area contributed by atoms with Crippen molar-refractivity contribution in [3.8, 4) is 11.5 Å². The summed E-state index contributed by atoms with van der Waals surface area (Å²) in [5.74, 6) is -0.287. The first kappa shape index (κ1) is 14.9. The Bertz CT molecular complexity index is 635. The van der Waals surface area contributed by atoms with Crippen molar-refractivity contribution in [2.75, 3.05) is 19.0 Å². The van der Waals surface area contributed by atoms with Gasteiger partial charge in [-0.25, -0.2) is 4.79 Å². The first-order chi connectivity index (χ1) is 10.1. The first-order valence-electron chi connectivity index (χ1n) is 5.97. The number of anilines is 1. The molecule has 7 heteroatoms. The second-order valence-electron chi connectivity index (χ2n) is 3.98. The van der Waals surface area contributed by atoms with Gasteiger partial charge in [0.25, 0.3) is 5.91 Å². The highest BCUT2D eigenvalue weighted by Crippen LogP contribution is 2.23. The number of carboxylic acids is 1. The van der Waals surface area contributed by atoms with Gasteiger partial charge in [0.2, 0.25) is 0 Å². The summed E-state index contributed by atoms with van der Waals surface area (Å²) in [5, 5.41) is 13.3. The molecule has 2 N–H and O–H groups in total. The number of methoxy groups -OCH3 is 1. The van der Waals surface area contributed by atoms with Gasteiger partial charge >= 0.3 is 5.97 Å². The summed E-state index contributed by atoms with van der Waals surface area (Å²) in [4.78, 5) is 22.7. The molecule has 0 spiro atoms. The van der Waals surface area contributed by atoms with E-state index in [9.17, 15) is 9.59 Å². The van der Waals surface area contributed by atoms with Crippen LogP contribution in [0.1, 0.15) is 10.4 Å². The Balaban J connectivity index is 1.89. The lowest BCUT2D eigenvalue weighted by Crippen LogP contribution is -2.20. The topological polar surface area (TPSA) is 84.9 Å².